The zero-order valence-corrected chi connectivity index (χ0v) is 34.9. The third-order valence-corrected chi connectivity index (χ3v) is 9.43. The molecule has 0 unspecified atom stereocenters. The van der Waals surface area contributed by atoms with E-state index in [0.29, 0.717) is 0 Å². The van der Waals surface area contributed by atoms with E-state index in [9.17, 15) is 0 Å². The van der Waals surface area contributed by atoms with Crippen molar-refractivity contribution >= 4 is 34.5 Å². The minimum absolute atomic E-state index is 1.10. The van der Waals surface area contributed by atoms with E-state index in [-0.39, 0.29) is 0 Å². The van der Waals surface area contributed by atoms with Crippen molar-refractivity contribution in [1.29, 1.82) is 0 Å². The lowest BCUT2D eigenvalue weighted by Crippen LogP contribution is -2.09. The summed E-state index contributed by atoms with van der Waals surface area (Å²) in [5.41, 5.74) is 11.7. The van der Waals surface area contributed by atoms with Crippen molar-refractivity contribution in [2.75, 3.05) is 10.2 Å². The normalized spacial score (nSPS) is 10.2. The lowest BCUT2D eigenvalue weighted by atomic mass is 10.0. The average Bonchev–Trinajstić information content (AvgIpc) is 3.37. The first-order chi connectivity index (χ1) is 30.8. The molecule has 0 bridgehead atoms. The highest BCUT2D eigenvalue weighted by Crippen LogP contribution is 2.35. The molecule has 0 radical (unpaired) electrons. The molecule has 62 heavy (non-hydrogen) atoms. The van der Waals surface area contributed by atoms with Gasteiger partial charge in [-0.25, -0.2) is 0 Å². The summed E-state index contributed by atoms with van der Waals surface area (Å²) in [7, 11) is 0. The van der Waals surface area contributed by atoms with Crippen molar-refractivity contribution in [1.82, 2.24) is 0 Å². The Morgan fingerprint density at radius 3 is 1.05 bits per heavy atom. The van der Waals surface area contributed by atoms with Crippen molar-refractivity contribution in [3.8, 4) is 22.3 Å². The van der Waals surface area contributed by atoms with Crippen molar-refractivity contribution in [2.45, 2.75) is 0 Å². The fourth-order valence-electron chi connectivity index (χ4n) is 6.34. The van der Waals surface area contributed by atoms with Crippen LogP contribution in [0.3, 0.4) is 0 Å². The van der Waals surface area contributed by atoms with Gasteiger partial charge in [0, 0.05) is 28.4 Å². The number of allylic oxidation sites excluding steroid dienone is 4. The second-order valence-electron chi connectivity index (χ2n) is 13.9. The highest BCUT2D eigenvalue weighted by molar-refractivity contribution is 5.79. The fraction of sp³-hybridized carbons (Fsp3) is 0. The van der Waals surface area contributed by atoms with Crippen LogP contribution in [0.25, 0.3) is 28.3 Å². The van der Waals surface area contributed by atoms with Crippen molar-refractivity contribution in [2.24, 2.45) is 0 Å². The third-order valence-electron chi connectivity index (χ3n) is 9.43. The zero-order chi connectivity index (χ0) is 42.7. The van der Waals surface area contributed by atoms with Crippen LogP contribution in [0.5, 0.6) is 0 Å². The minimum Gasteiger partial charge on any atom is -0.356 e. The summed E-state index contributed by atoms with van der Waals surface area (Å²) in [5, 5.41) is 3.38. The maximum Gasteiger partial charge on any atom is 0.0462 e. The molecule has 0 spiro atoms. The molecule has 9 aromatic rings. The lowest BCUT2D eigenvalue weighted by Gasteiger charge is -2.25. The van der Waals surface area contributed by atoms with Crippen LogP contribution in [-0.2, 0) is 0 Å². The predicted octanol–water partition coefficient (Wildman–Crippen LogP) is 17.0. The van der Waals surface area contributed by atoms with Gasteiger partial charge in [0.15, 0.2) is 0 Å². The first kappa shape index (κ1) is 43.4. The van der Waals surface area contributed by atoms with E-state index < -0.39 is 0 Å². The number of benzene rings is 9. The molecule has 9 rings (SSSR count). The molecule has 302 valence electrons. The summed E-state index contributed by atoms with van der Waals surface area (Å²) in [4.78, 5) is 2.28. The first-order valence-corrected chi connectivity index (χ1v) is 20.8. The standard InChI is InChI=1S/C30H25N.C18H15N.2C6H6/c1-2-3-4-7-12-25-17-21-29(22-18-25)31(28-15-10-6-11-16-28)30-23-19-27(20-24-30)26-13-8-5-9-14-26;1-3-7-15(8-4-1)16-11-13-18(14-12-16)19-17-9-5-2-6-10-17;2*1-2-4-6-5-3-1/h2-24H,1H2;1-14,19H;2*1-6H/b4-3-,12-7+;;;. The van der Waals surface area contributed by atoms with Crippen LogP contribution >= 0.6 is 0 Å². The van der Waals surface area contributed by atoms with Gasteiger partial charge in [-0.15, -0.1) is 0 Å². The number of para-hydroxylation sites is 2. The van der Waals surface area contributed by atoms with E-state index in [1.54, 1.807) is 6.08 Å². The molecule has 0 amide bonds. The smallest absolute Gasteiger partial charge is 0.0462 e. The topological polar surface area (TPSA) is 15.3 Å². The van der Waals surface area contributed by atoms with E-state index in [1.165, 1.54) is 22.3 Å². The Balaban J connectivity index is 0.000000172. The highest BCUT2D eigenvalue weighted by Gasteiger charge is 2.12. The van der Waals surface area contributed by atoms with Gasteiger partial charge in [-0.2, -0.15) is 0 Å². The first-order valence-electron chi connectivity index (χ1n) is 20.8. The third kappa shape index (κ3) is 14.6. The predicted molar refractivity (Wildman–Crippen MR) is 269 cm³/mol. The summed E-state index contributed by atoms with van der Waals surface area (Å²) in [6, 6.07) is 91.4. The summed E-state index contributed by atoms with van der Waals surface area (Å²) in [6.07, 6.45) is 9.78. The second-order valence-corrected chi connectivity index (χ2v) is 13.9. The van der Waals surface area contributed by atoms with Crippen LogP contribution in [0.15, 0.2) is 298 Å². The molecular weight excluding hydrogens is 749 g/mol. The van der Waals surface area contributed by atoms with Gasteiger partial charge in [0.05, 0.1) is 0 Å². The van der Waals surface area contributed by atoms with Crippen molar-refractivity contribution < 1.29 is 0 Å². The highest BCUT2D eigenvalue weighted by atomic mass is 15.1. The molecule has 0 aromatic heterocycles. The average molecular weight is 801 g/mol. The Morgan fingerprint density at radius 2 is 0.613 bits per heavy atom. The van der Waals surface area contributed by atoms with Gasteiger partial charge in [-0.05, 0) is 88.5 Å². The van der Waals surface area contributed by atoms with Gasteiger partial charge in [0.1, 0.15) is 0 Å². The molecule has 2 nitrogen and oxygen atoms in total. The van der Waals surface area contributed by atoms with E-state index in [1.807, 2.05) is 127 Å². The molecular formula is C60H52N2. The molecule has 1 N–H and O–H groups in total. The number of nitrogens with zero attached hydrogens (tertiary/aromatic N) is 1. The van der Waals surface area contributed by atoms with E-state index in [4.69, 9.17) is 0 Å². The van der Waals surface area contributed by atoms with Crippen LogP contribution in [0.1, 0.15) is 5.56 Å². The van der Waals surface area contributed by atoms with Gasteiger partial charge in [-0.3, -0.25) is 0 Å². The quantitative estimate of drug-likeness (QED) is 0.139. The summed E-state index contributed by atoms with van der Waals surface area (Å²) >= 11 is 0. The van der Waals surface area contributed by atoms with Crippen LogP contribution in [0.4, 0.5) is 28.4 Å². The number of anilines is 5. The Morgan fingerprint density at radius 1 is 0.290 bits per heavy atom. The van der Waals surface area contributed by atoms with Crippen LogP contribution in [-0.4, -0.2) is 0 Å². The SMILES string of the molecule is C=C/C=C\C=C\c1ccc(N(c2ccccc2)c2ccc(-c3ccccc3)cc2)cc1.c1ccc(Nc2ccc(-c3ccccc3)cc2)cc1.c1ccccc1.c1ccccc1. The van der Waals surface area contributed by atoms with Gasteiger partial charge >= 0.3 is 0 Å². The van der Waals surface area contributed by atoms with Gasteiger partial charge in [0.25, 0.3) is 0 Å². The van der Waals surface area contributed by atoms with Crippen LogP contribution in [0, 0.1) is 0 Å². The van der Waals surface area contributed by atoms with Crippen LogP contribution < -0.4 is 10.2 Å². The van der Waals surface area contributed by atoms with Crippen LogP contribution in [0.2, 0.25) is 0 Å². The molecule has 0 aliphatic rings. The maximum atomic E-state index is 3.69. The molecule has 0 saturated heterocycles. The summed E-state index contributed by atoms with van der Waals surface area (Å²) < 4.78 is 0. The van der Waals surface area contributed by atoms with Gasteiger partial charge in [-0.1, -0.05) is 243 Å². The molecule has 9 aromatic carbocycles. The summed E-state index contributed by atoms with van der Waals surface area (Å²) in [5.74, 6) is 0. The molecule has 0 fully saturated rings. The Bertz CT molecular complexity index is 2500. The van der Waals surface area contributed by atoms with Crippen molar-refractivity contribution in [3.05, 3.63) is 303 Å². The number of rotatable bonds is 10. The number of hydrogen-bond acceptors (Lipinski definition) is 2. The van der Waals surface area contributed by atoms with Gasteiger partial charge < -0.3 is 10.2 Å². The Hall–Kier alpha value is -8.20. The zero-order valence-electron chi connectivity index (χ0n) is 34.9. The second kappa shape index (κ2) is 25.3. The molecule has 0 saturated carbocycles. The number of nitrogens with one attached hydrogen (secondary N) is 1. The Labute approximate surface area is 368 Å². The lowest BCUT2D eigenvalue weighted by molar-refractivity contribution is 1.28. The van der Waals surface area contributed by atoms with E-state index in [2.05, 4.69) is 181 Å². The van der Waals surface area contributed by atoms with Crippen molar-refractivity contribution in [3.63, 3.8) is 0 Å². The number of hydrogen-bond donors (Lipinski definition) is 1. The largest absolute Gasteiger partial charge is 0.356 e. The fourth-order valence-corrected chi connectivity index (χ4v) is 6.34. The summed E-state index contributed by atoms with van der Waals surface area (Å²) in [6.45, 7) is 3.69. The molecule has 0 heterocycles. The Kier molecular flexibility index (Phi) is 17.7. The monoisotopic (exact) mass is 800 g/mol. The van der Waals surface area contributed by atoms with Gasteiger partial charge in [0.2, 0.25) is 0 Å². The molecule has 0 atom stereocenters. The van der Waals surface area contributed by atoms with E-state index >= 15 is 0 Å². The molecule has 2 heteroatoms. The van der Waals surface area contributed by atoms with E-state index in [0.717, 1.165) is 34.0 Å². The minimum atomic E-state index is 1.10. The molecule has 0 aliphatic heterocycles. The molecule has 0 aliphatic carbocycles. The maximum absolute atomic E-state index is 3.69.